The van der Waals surface area contributed by atoms with Crippen molar-refractivity contribution in [3.63, 3.8) is 0 Å². The van der Waals surface area contributed by atoms with E-state index in [-0.39, 0.29) is 23.8 Å². The van der Waals surface area contributed by atoms with Crippen LogP contribution in [0.4, 0.5) is 0 Å². The molecule has 120 valence electrons. The molecule has 0 radical (unpaired) electrons. The first kappa shape index (κ1) is 16.5. The van der Waals surface area contributed by atoms with Crippen molar-refractivity contribution in [3.05, 3.63) is 35.4 Å². The van der Waals surface area contributed by atoms with Gasteiger partial charge in [0.05, 0.1) is 12.5 Å². The highest BCUT2D eigenvalue weighted by atomic mass is 16.5. The normalized spacial score (nSPS) is 17.6. The molecule has 1 saturated heterocycles. The molecule has 22 heavy (non-hydrogen) atoms. The van der Waals surface area contributed by atoms with E-state index in [2.05, 4.69) is 19.1 Å². The van der Waals surface area contributed by atoms with Gasteiger partial charge in [-0.1, -0.05) is 29.8 Å². The number of carbonyl (C=O) groups is 2. The molecule has 0 saturated carbocycles. The molecule has 1 fully saturated rings. The molecule has 4 heteroatoms. The average Bonchev–Trinajstić information content (AvgIpc) is 2.87. The van der Waals surface area contributed by atoms with Crippen LogP contribution in [-0.4, -0.2) is 29.4 Å². The van der Waals surface area contributed by atoms with Crippen molar-refractivity contribution < 1.29 is 14.3 Å². The summed E-state index contributed by atoms with van der Waals surface area (Å²) in [6.45, 7) is 7.22. The summed E-state index contributed by atoms with van der Waals surface area (Å²) in [6.07, 6.45) is 1.74. The summed E-state index contributed by atoms with van der Waals surface area (Å²) in [5.74, 6) is -0.143. The summed E-state index contributed by atoms with van der Waals surface area (Å²) in [6, 6.07) is 8.36. The second-order valence-corrected chi connectivity index (χ2v) is 6.30. The Morgan fingerprint density at radius 2 is 2.18 bits per heavy atom. The van der Waals surface area contributed by atoms with Gasteiger partial charge in [-0.15, -0.1) is 0 Å². The number of nitrogens with zero attached hydrogens (tertiary/aromatic N) is 1. The van der Waals surface area contributed by atoms with Gasteiger partial charge in [0.25, 0.3) is 0 Å². The van der Waals surface area contributed by atoms with E-state index in [1.165, 1.54) is 5.56 Å². The van der Waals surface area contributed by atoms with E-state index in [0.29, 0.717) is 26.0 Å². The molecule has 0 aromatic heterocycles. The highest BCUT2D eigenvalue weighted by Gasteiger charge is 2.28. The highest BCUT2D eigenvalue weighted by Crippen LogP contribution is 2.21. The summed E-state index contributed by atoms with van der Waals surface area (Å²) in [4.78, 5) is 25.9. The van der Waals surface area contributed by atoms with Crippen molar-refractivity contribution in [2.75, 3.05) is 6.61 Å². The molecule has 0 spiro atoms. The molecule has 0 unspecified atom stereocenters. The van der Waals surface area contributed by atoms with Crippen LogP contribution >= 0.6 is 0 Å². The maximum absolute atomic E-state index is 12.5. The number of hydrogen-bond acceptors (Lipinski definition) is 3. The number of ether oxygens (including phenoxy) is 1. The molecule has 0 aliphatic carbocycles. The molecule has 1 atom stereocenters. The van der Waals surface area contributed by atoms with Crippen LogP contribution in [0.15, 0.2) is 24.3 Å². The van der Waals surface area contributed by atoms with Gasteiger partial charge in [-0.05, 0) is 39.2 Å². The number of hydrogen-bond donors (Lipinski definition) is 0. The molecule has 1 aromatic carbocycles. The lowest BCUT2D eigenvalue weighted by Gasteiger charge is -2.27. The Hall–Kier alpha value is -1.84. The van der Waals surface area contributed by atoms with Crippen molar-refractivity contribution >= 4 is 11.9 Å². The predicted octanol–water partition coefficient (Wildman–Crippen LogP) is 3.08. The second kappa shape index (κ2) is 7.43. The number of esters is 1. The first-order chi connectivity index (χ1) is 10.5. The largest absolute Gasteiger partial charge is 0.465 e. The zero-order chi connectivity index (χ0) is 16.1. The third-order valence-corrected chi connectivity index (χ3v) is 4.13. The van der Waals surface area contributed by atoms with Crippen molar-refractivity contribution in [1.29, 1.82) is 0 Å². The lowest BCUT2D eigenvalue weighted by Crippen LogP contribution is -2.36. The minimum atomic E-state index is -0.150. The fraction of sp³-hybridized carbons (Fsp3) is 0.556. The number of rotatable bonds is 6. The average molecular weight is 303 g/mol. The maximum Gasteiger partial charge on any atom is 0.309 e. The molecule has 2 rings (SSSR count). The van der Waals surface area contributed by atoms with E-state index in [4.69, 9.17) is 4.74 Å². The molecule has 1 aromatic rings. The van der Waals surface area contributed by atoms with Gasteiger partial charge < -0.3 is 9.64 Å². The van der Waals surface area contributed by atoms with E-state index in [9.17, 15) is 9.59 Å². The Bertz CT molecular complexity index is 539. The summed E-state index contributed by atoms with van der Waals surface area (Å²) in [5, 5.41) is 0. The molecular weight excluding hydrogens is 278 g/mol. The van der Waals surface area contributed by atoms with Gasteiger partial charge in [-0.3, -0.25) is 9.59 Å². The molecule has 0 N–H and O–H groups in total. The fourth-order valence-corrected chi connectivity index (χ4v) is 2.81. The minimum Gasteiger partial charge on any atom is -0.465 e. The van der Waals surface area contributed by atoms with Crippen molar-refractivity contribution in [1.82, 2.24) is 4.90 Å². The van der Waals surface area contributed by atoms with Gasteiger partial charge >= 0.3 is 5.97 Å². The van der Waals surface area contributed by atoms with Gasteiger partial charge in [0.2, 0.25) is 5.91 Å². The number of amides is 1. The van der Waals surface area contributed by atoms with Crippen LogP contribution in [0.5, 0.6) is 0 Å². The quantitative estimate of drug-likeness (QED) is 0.759. The molecular formula is C18H25NO3. The van der Waals surface area contributed by atoms with E-state index in [0.717, 1.165) is 12.0 Å². The van der Waals surface area contributed by atoms with Crippen molar-refractivity contribution in [2.24, 2.45) is 5.92 Å². The first-order valence-electron chi connectivity index (χ1n) is 7.99. The minimum absolute atomic E-state index is 0.100. The lowest BCUT2D eigenvalue weighted by atomic mass is 10.0. The number of aryl methyl sites for hydroxylation is 1. The van der Waals surface area contributed by atoms with Crippen LogP contribution in [0, 0.1) is 12.8 Å². The Balaban J connectivity index is 1.95. The van der Waals surface area contributed by atoms with E-state index < -0.39 is 0 Å². The van der Waals surface area contributed by atoms with Crippen LogP contribution < -0.4 is 0 Å². The van der Waals surface area contributed by atoms with Gasteiger partial charge in [0, 0.05) is 19.0 Å². The second-order valence-electron chi connectivity index (χ2n) is 6.30. The zero-order valence-corrected chi connectivity index (χ0v) is 13.7. The first-order valence-corrected chi connectivity index (χ1v) is 7.99. The Morgan fingerprint density at radius 3 is 2.77 bits per heavy atom. The van der Waals surface area contributed by atoms with E-state index in [1.54, 1.807) is 0 Å². The maximum atomic E-state index is 12.5. The van der Waals surface area contributed by atoms with Crippen LogP contribution in [-0.2, 0) is 20.9 Å². The van der Waals surface area contributed by atoms with Crippen LogP contribution in [0.2, 0.25) is 0 Å². The van der Waals surface area contributed by atoms with Gasteiger partial charge in [0.15, 0.2) is 0 Å². The highest BCUT2D eigenvalue weighted by molar-refractivity contribution is 5.78. The number of carbonyl (C=O) groups excluding carboxylic acids is 2. The molecule has 1 heterocycles. The Labute approximate surface area is 132 Å². The lowest BCUT2D eigenvalue weighted by molar-refractivity contribution is -0.141. The standard InChI is InChI=1S/C18H25NO3/c1-13(2)19(12-15-6-4-5-14(3)11-15)17(20)8-7-16-9-10-22-18(16)21/h4-6,11,13,16H,7-10,12H2,1-3H3/t16-/m0/s1. The zero-order valence-electron chi connectivity index (χ0n) is 13.7. The van der Waals surface area contributed by atoms with Gasteiger partial charge in [-0.25, -0.2) is 0 Å². The predicted molar refractivity (Wildman–Crippen MR) is 85.2 cm³/mol. The van der Waals surface area contributed by atoms with Gasteiger partial charge in [-0.2, -0.15) is 0 Å². The summed E-state index contributed by atoms with van der Waals surface area (Å²) >= 11 is 0. The third kappa shape index (κ3) is 4.33. The number of cyclic esters (lactones) is 1. The van der Waals surface area contributed by atoms with Gasteiger partial charge in [0.1, 0.15) is 0 Å². The summed E-state index contributed by atoms with van der Waals surface area (Å²) < 4.78 is 4.95. The van der Waals surface area contributed by atoms with Crippen LogP contribution in [0.3, 0.4) is 0 Å². The van der Waals surface area contributed by atoms with E-state index >= 15 is 0 Å². The van der Waals surface area contributed by atoms with Crippen LogP contribution in [0.25, 0.3) is 0 Å². The molecule has 1 aliphatic heterocycles. The molecule has 4 nitrogen and oxygen atoms in total. The number of benzene rings is 1. The van der Waals surface area contributed by atoms with Crippen molar-refractivity contribution in [2.45, 2.75) is 52.6 Å². The molecule has 1 aliphatic rings. The Morgan fingerprint density at radius 1 is 1.41 bits per heavy atom. The Kier molecular flexibility index (Phi) is 5.58. The van der Waals surface area contributed by atoms with Crippen molar-refractivity contribution in [3.8, 4) is 0 Å². The molecule has 0 bridgehead atoms. The van der Waals surface area contributed by atoms with Crippen LogP contribution in [0.1, 0.15) is 44.2 Å². The summed E-state index contributed by atoms with van der Waals surface area (Å²) in [7, 11) is 0. The molecule has 1 amide bonds. The monoisotopic (exact) mass is 303 g/mol. The SMILES string of the molecule is Cc1cccc(CN(C(=O)CC[C@H]2CCOC2=O)C(C)C)c1. The topological polar surface area (TPSA) is 46.6 Å². The fourth-order valence-electron chi connectivity index (χ4n) is 2.81. The summed E-state index contributed by atoms with van der Waals surface area (Å²) in [5.41, 5.74) is 2.34. The van der Waals surface area contributed by atoms with E-state index in [1.807, 2.05) is 30.9 Å². The third-order valence-electron chi connectivity index (χ3n) is 4.13. The smallest absolute Gasteiger partial charge is 0.309 e.